The molecule has 1 aromatic heterocycles. The summed E-state index contributed by atoms with van der Waals surface area (Å²) in [6.07, 6.45) is 5.36. The number of hydrogen-bond donors (Lipinski definition) is 1. The maximum Gasteiger partial charge on any atom is 0.0702 e. The third-order valence-corrected chi connectivity index (χ3v) is 2.03. The normalized spacial score (nSPS) is 10.2. The molecule has 1 heterocycles. The monoisotopic (exact) mass is 215 g/mol. The molecule has 2 rings (SSSR count). The van der Waals surface area contributed by atoms with Crippen molar-refractivity contribution in [1.82, 2.24) is 4.98 Å². The van der Waals surface area contributed by atoms with Gasteiger partial charge in [-0.25, -0.2) is 0 Å². The van der Waals surface area contributed by atoms with Crippen molar-refractivity contribution in [2.75, 3.05) is 6.61 Å². The lowest BCUT2D eigenvalue weighted by atomic mass is 10.1. The minimum absolute atomic E-state index is 0.0623. The Morgan fingerprint density at radius 2 is 2.00 bits per heavy atom. The van der Waals surface area contributed by atoms with Gasteiger partial charge in [0.1, 0.15) is 0 Å². The van der Waals surface area contributed by atoms with Gasteiger partial charge >= 0.3 is 0 Å². The first kappa shape index (κ1) is 12.4. The molecular formula is C14H17NO. The molecule has 0 saturated heterocycles. The third kappa shape index (κ3) is 3.17. The zero-order chi connectivity index (χ0) is 11.8. The first-order valence-corrected chi connectivity index (χ1v) is 5.52. The molecule has 0 aliphatic heterocycles. The number of benzene rings is 1. The average Bonchev–Trinajstić information content (AvgIpc) is 2.38. The lowest BCUT2D eigenvalue weighted by Crippen LogP contribution is -1.80. The fraction of sp³-hybridized carbons (Fsp3) is 0.214. The number of para-hydroxylation sites is 1. The largest absolute Gasteiger partial charge is 0.392 e. The summed E-state index contributed by atoms with van der Waals surface area (Å²) in [7, 11) is 0. The summed E-state index contributed by atoms with van der Waals surface area (Å²) in [6.45, 7) is 4.06. The first-order chi connectivity index (χ1) is 7.90. The molecule has 0 atom stereocenters. The van der Waals surface area contributed by atoms with E-state index in [-0.39, 0.29) is 6.61 Å². The van der Waals surface area contributed by atoms with Crippen molar-refractivity contribution in [3.05, 3.63) is 48.2 Å². The molecule has 2 aromatic rings. The van der Waals surface area contributed by atoms with Crippen LogP contribution in [0.5, 0.6) is 0 Å². The molecule has 0 radical (unpaired) electrons. The molecule has 0 amide bonds. The molecule has 84 valence electrons. The summed E-state index contributed by atoms with van der Waals surface area (Å²) < 4.78 is 0. The van der Waals surface area contributed by atoms with Crippen molar-refractivity contribution in [3.8, 4) is 0 Å². The van der Waals surface area contributed by atoms with Crippen LogP contribution in [-0.2, 0) is 0 Å². The molecule has 16 heavy (non-hydrogen) atoms. The number of aromatic nitrogens is 1. The van der Waals surface area contributed by atoms with Gasteiger partial charge in [0.25, 0.3) is 0 Å². The predicted molar refractivity (Wildman–Crippen MR) is 69.2 cm³/mol. The van der Waals surface area contributed by atoms with E-state index in [0.717, 1.165) is 16.5 Å². The molecule has 0 saturated carbocycles. The van der Waals surface area contributed by atoms with E-state index in [1.165, 1.54) is 0 Å². The van der Waals surface area contributed by atoms with Gasteiger partial charge in [-0.1, -0.05) is 44.2 Å². The second-order valence-corrected chi connectivity index (χ2v) is 3.05. The molecule has 1 aromatic carbocycles. The summed E-state index contributed by atoms with van der Waals surface area (Å²) in [5, 5.41) is 9.75. The van der Waals surface area contributed by atoms with E-state index in [9.17, 15) is 0 Å². The average molecular weight is 215 g/mol. The van der Waals surface area contributed by atoms with Crippen LogP contribution in [0, 0.1) is 0 Å². The van der Waals surface area contributed by atoms with Crippen molar-refractivity contribution in [3.63, 3.8) is 0 Å². The molecule has 0 spiro atoms. The Bertz CT molecular complexity index is 463. The Labute approximate surface area is 96.3 Å². The fourth-order valence-electron chi connectivity index (χ4n) is 1.37. The molecule has 1 N–H and O–H groups in total. The third-order valence-electron chi connectivity index (χ3n) is 2.03. The van der Waals surface area contributed by atoms with Crippen molar-refractivity contribution in [2.24, 2.45) is 0 Å². The van der Waals surface area contributed by atoms with Gasteiger partial charge < -0.3 is 5.11 Å². The topological polar surface area (TPSA) is 33.1 Å². The van der Waals surface area contributed by atoms with Gasteiger partial charge in [0.05, 0.1) is 12.1 Å². The SMILES string of the molecule is CC.OC/C=C/c1cnc2ccccc2c1. The van der Waals surface area contributed by atoms with E-state index < -0.39 is 0 Å². The van der Waals surface area contributed by atoms with E-state index in [4.69, 9.17) is 5.11 Å². The van der Waals surface area contributed by atoms with E-state index in [1.807, 2.05) is 44.2 Å². The molecule has 0 aliphatic rings. The van der Waals surface area contributed by atoms with Gasteiger partial charge in [-0.3, -0.25) is 4.98 Å². The highest BCUT2D eigenvalue weighted by atomic mass is 16.2. The van der Waals surface area contributed by atoms with Crippen LogP contribution in [0.3, 0.4) is 0 Å². The van der Waals surface area contributed by atoms with Crippen molar-refractivity contribution >= 4 is 17.0 Å². The molecule has 0 aliphatic carbocycles. The lowest BCUT2D eigenvalue weighted by molar-refractivity contribution is 0.343. The van der Waals surface area contributed by atoms with Crippen LogP contribution in [0.1, 0.15) is 19.4 Å². The number of aliphatic hydroxyl groups excluding tert-OH is 1. The zero-order valence-corrected chi connectivity index (χ0v) is 9.72. The van der Waals surface area contributed by atoms with E-state index >= 15 is 0 Å². The van der Waals surface area contributed by atoms with Crippen LogP contribution in [0.2, 0.25) is 0 Å². The maximum absolute atomic E-state index is 8.63. The second-order valence-electron chi connectivity index (χ2n) is 3.05. The summed E-state index contributed by atoms with van der Waals surface area (Å²) in [5.74, 6) is 0. The van der Waals surface area contributed by atoms with Crippen molar-refractivity contribution < 1.29 is 5.11 Å². The lowest BCUT2D eigenvalue weighted by Gasteiger charge is -1.97. The van der Waals surface area contributed by atoms with Crippen LogP contribution >= 0.6 is 0 Å². The summed E-state index contributed by atoms with van der Waals surface area (Å²) in [5.41, 5.74) is 2.01. The van der Waals surface area contributed by atoms with Gasteiger partial charge in [-0.15, -0.1) is 0 Å². The predicted octanol–water partition coefficient (Wildman–Crippen LogP) is 3.27. The Morgan fingerprint density at radius 3 is 2.75 bits per heavy atom. The molecule has 2 nitrogen and oxygen atoms in total. The maximum atomic E-state index is 8.63. The van der Waals surface area contributed by atoms with Crippen LogP contribution in [-0.4, -0.2) is 16.7 Å². The number of fused-ring (bicyclic) bond motifs is 1. The highest BCUT2D eigenvalue weighted by molar-refractivity contribution is 5.80. The Morgan fingerprint density at radius 1 is 1.25 bits per heavy atom. The molecule has 2 heteroatoms. The number of pyridine rings is 1. The van der Waals surface area contributed by atoms with Crippen molar-refractivity contribution in [2.45, 2.75) is 13.8 Å². The Balaban J connectivity index is 0.000000606. The summed E-state index contributed by atoms with van der Waals surface area (Å²) in [6, 6.07) is 10.0. The molecule has 0 bridgehead atoms. The van der Waals surface area contributed by atoms with Crippen LogP contribution < -0.4 is 0 Å². The van der Waals surface area contributed by atoms with Crippen LogP contribution in [0.4, 0.5) is 0 Å². The quantitative estimate of drug-likeness (QED) is 0.834. The van der Waals surface area contributed by atoms with Gasteiger partial charge in [0, 0.05) is 11.6 Å². The fourth-order valence-corrected chi connectivity index (χ4v) is 1.37. The second kappa shape index (κ2) is 6.75. The number of aliphatic hydroxyl groups is 1. The van der Waals surface area contributed by atoms with Crippen molar-refractivity contribution in [1.29, 1.82) is 0 Å². The highest BCUT2D eigenvalue weighted by Gasteiger charge is 1.93. The summed E-state index contributed by atoms with van der Waals surface area (Å²) in [4.78, 5) is 4.30. The Hall–Kier alpha value is -1.67. The first-order valence-electron chi connectivity index (χ1n) is 5.52. The van der Waals surface area contributed by atoms with E-state index in [2.05, 4.69) is 11.1 Å². The zero-order valence-electron chi connectivity index (χ0n) is 9.72. The Kier molecular flexibility index (Phi) is 5.23. The highest BCUT2D eigenvalue weighted by Crippen LogP contribution is 2.13. The smallest absolute Gasteiger partial charge is 0.0702 e. The number of nitrogens with zero attached hydrogens (tertiary/aromatic N) is 1. The molecule has 0 fully saturated rings. The van der Waals surface area contributed by atoms with Gasteiger partial charge in [0.15, 0.2) is 0 Å². The van der Waals surface area contributed by atoms with Crippen LogP contribution in [0.25, 0.3) is 17.0 Å². The van der Waals surface area contributed by atoms with Crippen LogP contribution in [0.15, 0.2) is 42.6 Å². The molecule has 0 unspecified atom stereocenters. The van der Waals surface area contributed by atoms with E-state index in [0.29, 0.717) is 0 Å². The number of hydrogen-bond acceptors (Lipinski definition) is 2. The standard InChI is InChI=1S/C12H11NO.C2H6/c14-7-3-4-10-8-11-5-1-2-6-12(11)13-9-10;1-2/h1-6,8-9,14H,7H2;1-2H3/b4-3+;. The summed E-state index contributed by atoms with van der Waals surface area (Å²) >= 11 is 0. The molecular weight excluding hydrogens is 198 g/mol. The number of rotatable bonds is 2. The van der Waals surface area contributed by atoms with Gasteiger partial charge in [-0.2, -0.15) is 0 Å². The minimum atomic E-state index is 0.0623. The van der Waals surface area contributed by atoms with Gasteiger partial charge in [0.2, 0.25) is 0 Å². The van der Waals surface area contributed by atoms with Gasteiger partial charge in [-0.05, 0) is 17.7 Å². The van der Waals surface area contributed by atoms with E-state index in [1.54, 1.807) is 12.3 Å². The minimum Gasteiger partial charge on any atom is -0.392 e.